The molecule has 0 aromatic carbocycles. The van der Waals surface area contributed by atoms with Gasteiger partial charge in [-0.25, -0.2) is 0 Å². The lowest BCUT2D eigenvalue weighted by Gasteiger charge is -2.09. The molecule has 0 spiro atoms. The minimum absolute atomic E-state index is 0.224. The Morgan fingerprint density at radius 3 is 3.09 bits per heavy atom. The molecule has 0 saturated heterocycles. The van der Waals surface area contributed by atoms with Crippen molar-refractivity contribution >= 4 is 5.84 Å². The second-order valence-corrected chi connectivity index (χ2v) is 2.87. The quantitative estimate of drug-likeness (QED) is 0.626. The van der Waals surface area contributed by atoms with E-state index in [4.69, 9.17) is 0 Å². The van der Waals surface area contributed by atoms with Gasteiger partial charge in [-0.05, 0) is 12.8 Å². The Morgan fingerprint density at radius 1 is 1.73 bits per heavy atom. The van der Waals surface area contributed by atoms with E-state index in [0.717, 1.165) is 31.6 Å². The lowest BCUT2D eigenvalue weighted by molar-refractivity contribution is 0.173. The maximum Gasteiger partial charge on any atom is 0.0964 e. The molecule has 3 heteroatoms. The maximum absolute atomic E-state index is 9.20. The topological polar surface area (TPSA) is 44.6 Å². The lowest BCUT2D eigenvalue weighted by atomic mass is 10.2. The van der Waals surface area contributed by atoms with Crippen LogP contribution in [0.5, 0.6) is 0 Å². The van der Waals surface area contributed by atoms with Crippen LogP contribution in [-0.2, 0) is 0 Å². The Labute approximate surface area is 67.5 Å². The van der Waals surface area contributed by atoms with Crippen molar-refractivity contribution in [1.29, 1.82) is 0 Å². The van der Waals surface area contributed by atoms with Crippen molar-refractivity contribution in [3.63, 3.8) is 0 Å². The second-order valence-electron chi connectivity index (χ2n) is 2.87. The molecule has 0 bridgehead atoms. The number of amidine groups is 1. The molecule has 0 fully saturated rings. The first-order valence-electron chi connectivity index (χ1n) is 4.28. The molecular formula is C8H16N2O. The third-order valence-corrected chi connectivity index (χ3v) is 1.89. The third-order valence-electron chi connectivity index (χ3n) is 1.89. The molecule has 1 rings (SSSR count). The highest BCUT2D eigenvalue weighted by Gasteiger charge is 2.06. The molecule has 1 aliphatic rings. The third kappa shape index (κ3) is 2.89. The maximum atomic E-state index is 9.20. The first-order valence-corrected chi connectivity index (χ1v) is 4.28. The van der Waals surface area contributed by atoms with Gasteiger partial charge >= 0.3 is 0 Å². The van der Waals surface area contributed by atoms with Gasteiger partial charge in [0.05, 0.1) is 11.9 Å². The summed E-state index contributed by atoms with van der Waals surface area (Å²) < 4.78 is 0. The highest BCUT2D eigenvalue weighted by molar-refractivity contribution is 5.83. The van der Waals surface area contributed by atoms with Gasteiger partial charge in [0.1, 0.15) is 0 Å². The van der Waals surface area contributed by atoms with Crippen molar-refractivity contribution in [2.45, 2.75) is 32.3 Å². The fraction of sp³-hybridized carbons (Fsp3) is 0.875. The van der Waals surface area contributed by atoms with Crippen LogP contribution in [0.25, 0.3) is 0 Å². The van der Waals surface area contributed by atoms with E-state index >= 15 is 0 Å². The van der Waals surface area contributed by atoms with Crippen molar-refractivity contribution in [3.05, 3.63) is 0 Å². The summed E-state index contributed by atoms with van der Waals surface area (Å²) in [5, 5.41) is 12.3. The molecule has 1 aliphatic heterocycles. The number of nitrogens with one attached hydrogen (secondary N) is 1. The molecule has 2 N–H and O–H groups in total. The number of rotatable bonds is 3. The number of nitrogens with zero attached hydrogens (tertiary/aromatic N) is 1. The van der Waals surface area contributed by atoms with Gasteiger partial charge in [0.2, 0.25) is 0 Å². The van der Waals surface area contributed by atoms with Gasteiger partial charge in [-0.3, -0.25) is 4.99 Å². The summed E-state index contributed by atoms with van der Waals surface area (Å²) in [7, 11) is 0. The van der Waals surface area contributed by atoms with Crippen molar-refractivity contribution in [2.24, 2.45) is 4.99 Å². The van der Waals surface area contributed by atoms with E-state index in [1.54, 1.807) is 0 Å². The minimum atomic E-state index is -0.224. The molecule has 0 aromatic rings. The number of hydrogen-bond acceptors (Lipinski definition) is 3. The van der Waals surface area contributed by atoms with Gasteiger partial charge in [-0.2, -0.15) is 0 Å². The van der Waals surface area contributed by atoms with Gasteiger partial charge in [-0.1, -0.05) is 6.92 Å². The monoisotopic (exact) mass is 156 g/mol. The fourth-order valence-electron chi connectivity index (χ4n) is 1.06. The first-order chi connectivity index (χ1) is 5.33. The molecule has 64 valence electrons. The minimum Gasteiger partial charge on any atom is -0.391 e. The molecule has 0 amide bonds. The zero-order valence-corrected chi connectivity index (χ0v) is 7.01. The smallest absolute Gasteiger partial charge is 0.0964 e. The van der Waals surface area contributed by atoms with E-state index in [-0.39, 0.29) is 6.10 Å². The van der Waals surface area contributed by atoms with Gasteiger partial charge in [0, 0.05) is 19.5 Å². The Bertz CT molecular complexity index is 145. The summed E-state index contributed by atoms with van der Waals surface area (Å²) in [5.41, 5.74) is 0. The van der Waals surface area contributed by atoms with Crippen molar-refractivity contribution in [2.75, 3.05) is 13.1 Å². The average Bonchev–Trinajstić information content (AvgIpc) is 2.52. The van der Waals surface area contributed by atoms with Gasteiger partial charge in [-0.15, -0.1) is 0 Å². The SMILES string of the molecule is CCC(O)CNC1=NCCC1. The molecule has 1 atom stereocenters. The highest BCUT2D eigenvalue weighted by atomic mass is 16.3. The number of aliphatic hydroxyl groups is 1. The van der Waals surface area contributed by atoms with Crippen LogP contribution in [0.3, 0.4) is 0 Å². The molecule has 0 aliphatic carbocycles. The zero-order valence-electron chi connectivity index (χ0n) is 7.01. The summed E-state index contributed by atoms with van der Waals surface area (Å²) in [5.74, 6) is 1.07. The Balaban J connectivity index is 2.11. The number of aliphatic hydroxyl groups excluding tert-OH is 1. The standard InChI is InChI=1S/C8H16N2O/c1-2-7(11)6-10-8-4-3-5-9-8/h7,11H,2-6H2,1H3,(H,9,10). The molecular weight excluding hydrogens is 140 g/mol. The van der Waals surface area contributed by atoms with Crippen LogP contribution in [0, 0.1) is 0 Å². The predicted octanol–water partition coefficient (Wildman–Crippen LogP) is 0.539. The normalized spacial score (nSPS) is 19.6. The fourth-order valence-corrected chi connectivity index (χ4v) is 1.06. The van der Waals surface area contributed by atoms with Crippen LogP contribution in [0.15, 0.2) is 4.99 Å². The summed E-state index contributed by atoms with van der Waals surface area (Å²) in [6, 6.07) is 0. The van der Waals surface area contributed by atoms with Crippen LogP contribution in [0.4, 0.5) is 0 Å². The van der Waals surface area contributed by atoms with Crippen LogP contribution in [0.1, 0.15) is 26.2 Å². The second kappa shape index (κ2) is 4.34. The zero-order chi connectivity index (χ0) is 8.10. The molecule has 3 nitrogen and oxygen atoms in total. The van der Waals surface area contributed by atoms with Gasteiger partial charge in [0.25, 0.3) is 0 Å². The summed E-state index contributed by atoms with van der Waals surface area (Å²) in [4.78, 5) is 4.24. The first kappa shape index (κ1) is 8.53. The molecule has 0 saturated carbocycles. The summed E-state index contributed by atoms with van der Waals surface area (Å²) >= 11 is 0. The number of aliphatic imine (C=N–C) groups is 1. The molecule has 0 aromatic heterocycles. The van der Waals surface area contributed by atoms with E-state index < -0.39 is 0 Å². The van der Waals surface area contributed by atoms with Gasteiger partial charge in [0.15, 0.2) is 0 Å². The largest absolute Gasteiger partial charge is 0.391 e. The molecule has 0 radical (unpaired) electrons. The van der Waals surface area contributed by atoms with Crippen LogP contribution in [0.2, 0.25) is 0 Å². The molecule has 1 unspecified atom stereocenters. The van der Waals surface area contributed by atoms with Crippen molar-refractivity contribution in [1.82, 2.24) is 5.32 Å². The Kier molecular flexibility index (Phi) is 3.36. The highest BCUT2D eigenvalue weighted by Crippen LogP contribution is 2.01. The predicted molar refractivity (Wildman–Crippen MR) is 45.8 cm³/mol. The van der Waals surface area contributed by atoms with E-state index in [1.165, 1.54) is 0 Å². The van der Waals surface area contributed by atoms with Crippen LogP contribution < -0.4 is 5.32 Å². The average molecular weight is 156 g/mol. The van der Waals surface area contributed by atoms with E-state index in [0.29, 0.717) is 6.54 Å². The van der Waals surface area contributed by atoms with Gasteiger partial charge < -0.3 is 10.4 Å². The van der Waals surface area contributed by atoms with Crippen molar-refractivity contribution in [3.8, 4) is 0 Å². The van der Waals surface area contributed by atoms with E-state index in [9.17, 15) is 5.11 Å². The van der Waals surface area contributed by atoms with Crippen LogP contribution >= 0.6 is 0 Å². The number of hydrogen-bond donors (Lipinski definition) is 2. The van der Waals surface area contributed by atoms with Crippen molar-refractivity contribution < 1.29 is 5.11 Å². The van der Waals surface area contributed by atoms with E-state index in [1.807, 2.05) is 6.92 Å². The molecule has 11 heavy (non-hydrogen) atoms. The molecule has 1 heterocycles. The Morgan fingerprint density at radius 2 is 2.55 bits per heavy atom. The summed E-state index contributed by atoms with van der Waals surface area (Å²) in [6.45, 7) is 3.57. The van der Waals surface area contributed by atoms with Crippen LogP contribution in [-0.4, -0.2) is 30.1 Å². The Hall–Kier alpha value is -0.570. The summed E-state index contributed by atoms with van der Waals surface area (Å²) in [6.07, 6.45) is 2.79. The lowest BCUT2D eigenvalue weighted by Crippen LogP contribution is -2.30. The van der Waals surface area contributed by atoms with E-state index in [2.05, 4.69) is 10.3 Å².